The van der Waals surface area contributed by atoms with Crippen LogP contribution in [0.15, 0.2) is 30.3 Å². The molecule has 17 heavy (non-hydrogen) atoms. The molecule has 1 N–H and O–H groups in total. The molecule has 88 valence electrons. The van der Waals surface area contributed by atoms with Gasteiger partial charge in [0.1, 0.15) is 5.15 Å². The number of nitrogens with one attached hydrogen (secondary N) is 1. The van der Waals surface area contributed by atoms with E-state index < -0.39 is 0 Å². The van der Waals surface area contributed by atoms with Crippen LogP contribution in [0.1, 0.15) is 11.6 Å². The van der Waals surface area contributed by atoms with Gasteiger partial charge in [-0.1, -0.05) is 29.8 Å². The first kappa shape index (κ1) is 11.0. The maximum Gasteiger partial charge on any atom is 0.130 e. The molecule has 1 aliphatic rings. The number of benzene rings is 1. The molecule has 1 fully saturated rings. The Morgan fingerprint density at radius 2 is 2.24 bits per heavy atom. The number of halogens is 1. The lowest BCUT2D eigenvalue weighted by molar-refractivity contribution is 0.0773. The molecule has 1 atom stereocenters. The molecule has 0 bridgehead atoms. The summed E-state index contributed by atoms with van der Waals surface area (Å²) in [5.74, 6) is 0. The number of rotatable bonds is 1. The number of pyridine rings is 1. The molecule has 1 saturated heterocycles. The van der Waals surface area contributed by atoms with Crippen LogP contribution in [0.4, 0.5) is 0 Å². The van der Waals surface area contributed by atoms with Crippen molar-refractivity contribution in [1.29, 1.82) is 0 Å². The molecule has 2 heterocycles. The predicted molar refractivity (Wildman–Crippen MR) is 68.3 cm³/mol. The van der Waals surface area contributed by atoms with Crippen molar-refractivity contribution in [2.24, 2.45) is 0 Å². The average Bonchev–Trinajstić information content (AvgIpc) is 2.39. The summed E-state index contributed by atoms with van der Waals surface area (Å²) in [5.41, 5.74) is 2.10. The second-order valence-corrected chi connectivity index (χ2v) is 4.52. The van der Waals surface area contributed by atoms with E-state index in [1.165, 1.54) is 5.56 Å². The van der Waals surface area contributed by atoms with E-state index in [4.69, 9.17) is 16.3 Å². The standard InChI is InChI=1S/C13H13ClN2O/c14-13-7-10(12-8-17-6-5-15-12)9-3-1-2-4-11(9)16-13/h1-4,7,12,15H,5-6,8H2/t12-/m0/s1. The van der Waals surface area contributed by atoms with Crippen LogP contribution >= 0.6 is 11.6 Å². The van der Waals surface area contributed by atoms with E-state index >= 15 is 0 Å². The van der Waals surface area contributed by atoms with E-state index in [2.05, 4.69) is 16.4 Å². The number of ether oxygens (including phenoxy) is 1. The van der Waals surface area contributed by atoms with Gasteiger partial charge in [-0.25, -0.2) is 4.98 Å². The number of para-hydroxylation sites is 1. The fourth-order valence-electron chi connectivity index (χ4n) is 2.22. The molecular formula is C13H13ClN2O. The second-order valence-electron chi connectivity index (χ2n) is 4.13. The molecule has 4 heteroatoms. The number of hydrogen-bond acceptors (Lipinski definition) is 3. The molecule has 0 amide bonds. The summed E-state index contributed by atoms with van der Waals surface area (Å²) in [6, 6.07) is 10.2. The fourth-order valence-corrected chi connectivity index (χ4v) is 2.43. The highest BCUT2D eigenvalue weighted by Gasteiger charge is 2.18. The zero-order valence-electron chi connectivity index (χ0n) is 9.32. The molecule has 0 radical (unpaired) electrons. The second kappa shape index (κ2) is 4.61. The third-order valence-electron chi connectivity index (χ3n) is 3.01. The third kappa shape index (κ3) is 2.14. The lowest BCUT2D eigenvalue weighted by Gasteiger charge is -2.25. The van der Waals surface area contributed by atoms with Gasteiger partial charge in [-0.05, 0) is 17.7 Å². The van der Waals surface area contributed by atoms with Crippen LogP contribution in [-0.2, 0) is 4.74 Å². The van der Waals surface area contributed by atoms with Crippen molar-refractivity contribution in [2.75, 3.05) is 19.8 Å². The summed E-state index contributed by atoms with van der Waals surface area (Å²) in [6.07, 6.45) is 0. The lowest BCUT2D eigenvalue weighted by Crippen LogP contribution is -2.34. The minimum atomic E-state index is 0.203. The van der Waals surface area contributed by atoms with Crippen LogP contribution < -0.4 is 5.32 Å². The van der Waals surface area contributed by atoms with Gasteiger partial charge in [-0.3, -0.25) is 0 Å². The highest BCUT2D eigenvalue weighted by atomic mass is 35.5. The van der Waals surface area contributed by atoms with Gasteiger partial charge >= 0.3 is 0 Å². The van der Waals surface area contributed by atoms with Crippen molar-refractivity contribution in [3.63, 3.8) is 0 Å². The van der Waals surface area contributed by atoms with Gasteiger partial charge in [-0.15, -0.1) is 0 Å². The molecule has 3 nitrogen and oxygen atoms in total. The van der Waals surface area contributed by atoms with Gasteiger partial charge in [0.15, 0.2) is 0 Å². The van der Waals surface area contributed by atoms with Crippen LogP contribution in [0.2, 0.25) is 5.15 Å². The monoisotopic (exact) mass is 248 g/mol. The predicted octanol–water partition coefficient (Wildman–Crippen LogP) is 2.55. The first-order valence-corrected chi connectivity index (χ1v) is 6.09. The van der Waals surface area contributed by atoms with Crippen LogP contribution in [0.3, 0.4) is 0 Å². The van der Waals surface area contributed by atoms with E-state index in [1.54, 1.807) is 0 Å². The van der Waals surface area contributed by atoms with Gasteiger partial charge < -0.3 is 10.1 Å². The summed E-state index contributed by atoms with van der Waals surface area (Å²) in [6.45, 7) is 2.33. The first-order valence-electron chi connectivity index (χ1n) is 5.71. The summed E-state index contributed by atoms with van der Waals surface area (Å²) >= 11 is 6.06. The molecule has 1 aromatic carbocycles. The van der Waals surface area contributed by atoms with Crippen molar-refractivity contribution in [3.8, 4) is 0 Å². The molecule has 0 saturated carbocycles. The number of hydrogen-bond donors (Lipinski definition) is 1. The van der Waals surface area contributed by atoms with Crippen LogP contribution in [-0.4, -0.2) is 24.7 Å². The van der Waals surface area contributed by atoms with Crippen LogP contribution in [0, 0.1) is 0 Å². The Hall–Kier alpha value is -1.16. The van der Waals surface area contributed by atoms with Gasteiger partial charge in [0.25, 0.3) is 0 Å². The van der Waals surface area contributed by atoms with Crippen molar-refractivity contribution in [2.45, 2.75) is 6.04 Å². The van der Waals surface area contributed by atoms with Gasteiger partial charge in [0, 0.05) is 11.9 Å². The molecule has 0 unspecified atom stereocenters. The minimum Gasteiger partial charge on any atom is -0.378 e. The molecule has 2 aromatic rings. The summed E-state index contributed by atoms with van der Waals surface area (Å²) in [4.78, 5) is 4.33. The average molecular weight is 249 g/mol. The highest BCUT2D eigenvalue weighted by molar-refractivity contribution is 6.29. The SMILES string of the molecule is Clc1cc([C@@H]2COCCN2)c2ccccc2n1. The summed E-state index contributed by atoms with van der Waals surface area (Å²) < 4.78 is 5.50. The van der Waals surface area contributed by atoms with Crippen LogP contribution in [0.5, 0.6) is 0 Å². The Balaban J connectivity index is 2.13. The minimum absolute atomic E-state index is 0.203. The molecule has 1 aromatic heterocycles. The zero-order valence-corrected chi connectivity index (χ0v) is 10.1. The highest BCUT2D eigenvalue weighted by Crippen LogP contribution is 2.27. The Kier molecular flexibility index (Phi) is 2.97. The number of nitrogens with zero attached hydrogens (tertiary/aromatic N) is 1. The van der Waals surface area contributed by atoms with E-state index in [0.717, 1.165) is 24.1 Å². The number of morpholine rings is 1. The Labute approximate surface area is 105 Å². The van der Waals surface area contributed by atoms with Crippen molar-refractivity contribution in [1.82, 2.24) is 10.3 Å². The van der Waals surface area contributed by atoms with Gasteiger partial charge in [0.2, 0.25) is 0 Å². The molecule has 0 spiro atoms. The lowest BCUT2D eigenvalue weighted by atomic mass is 10.0. The quantitative estimate of drug-likeness (QED) is 0.788. The molecular weight excluding hydrogens is 236 g/mol. The van der Waals surface area contributed by atoms with E-state index in [1.807, 2.05) is 24.3 Å². The van der Waals surface area contributed by atoms with E-state index in [-0.39, 0.29) is 6.04 Å². The third-order valence-corrected chi connectivity index (χ3v) is 3.21. The van der Waals surface area contributed by atoms with Crippen molar-refractivity contribution >= 4 is 22.5 Å². The molecule has 3 rings (SSSR count). The zero-order chi connectivity index (χ0) is 11.7. The van der Waals surface area contributed by atoms with Crippen LogP contribution in [0.25, 0.3) is 10.9 Å². The molecule has 1 aliphatic heterocycles. The topological polar surface area (TPSA) is 34.1 Å². The Bertz CT molecular complexity index is 538. The van der Waals surface area contributed by atoms with Gasteiger partial charge in [0.05, 0.1) is 24.8 Å². The normalized spacial score (nSPS) is 20.6. The Morgan fingerprint density at radius 1 is 1.35 bits per heavy atom. The maximum absolute atomic E-state index is 6.06. The van der Waals surface area contributed by atoms with Gasteiger partial charge in [-0.2, -0.15) is 0 Å². The van der Waals surface area contributed by atoms with E-state index in [0.29, 0.717) is 11.8 Å². The van der Waals surface area contributed by atoms with Crippen molar-refractivity contribution < 1.29 is 4.74 Å². The van der Waals surface area contributed by atoms with Crippen molar-refractivity contribution in [3.05, 3.63) is 41.0 Å². The maximum atomic E-state index is 6.06. The fraction of sp³-hybridized carbons (Fsp3) is 0.308. The summed E-state index contributed by atoms with van der Waals surface area (Å²) in [7, 11) is 0. The number of fused-ring (bicyclic) bond motifs is 1. The molecule has 0 aliphatic carbocycles. The summed E-state index contributed by atoms with van der Waals surface area (Å²) in [5, 5.41) is 5.12. The van der Waals surface area contributed by atoms with E-state index in [9.17, 15) is 0 Å². The number of aromatic nitrogens is 1. The first-order chi connectivity index (χ1) is 8.34. The Morgan fingerprint density at radius 3 is 3.06 bits per heavy atom. The smallest absolute Gasteiger partial charge is 0.130 e. The largest absolute Gasteiger partial charge is 0.378 e.